The molecule has 1 aliphatic carbocycles. The second-order valence-corrected chi connectivity index (χ2v) is 10.1. The monoisotopic (exact) mass is 534 g/mol. The predicted molar refractivity (Wildman–Crippen MR) is 132 cm³/mol. The highest BCUT2D eigenvalue weighted by Gasteiger charge is 2.37. The number of carbonyl (C=O) groups is 2. The highest BCUT2D eigenvalue weighted by Crippen LogP contribution is 2.35. The van der Waals surface area contributed by atoms with E-state index < -0.39 is 35.4 Å². The van der Waals surface area contributed by atoms with Gasteiger partial charge in [0.1, 0.15) is 11.9 Å². The maximum absolute atomic E-state index is 14.7. The normalized spacial score (nSPS) is 15.3. The maximum atomic E-state index is 14.7. The number of amides is 2. The van der Waals surface area contributed by atoms with Gasteiger partial charge in [-0.05, 0) is 73.6 Å². The summed E-state index contributed by atoms with van der Waals surface area (Å²) in [4.78, 5) is 29.2. The quantitative estimate of drug-likeness (QED) is 0.385. The number of anilines is 1. The van der Waals surface area contributed by atoms with Crippen LogP contribution < -0.4 is 10.2 Å². The standard InChI is InChI=1S/C26H26F4N4O2S/c1-15-8-13-20(14-21(15)27)34(25(36)22-16(2)37-33-32-22)23(24(35)31-19-6-4-3-5-7-19)17-9-11-18(12-10-17)26(28,29)30/h8-14,19,23H,3-7H2,1-2H3,(H,31,35). The van der Waals surface area contributed by atoms with Crippen LogP contribution in [0.3, 0.4) is 0 Å². The minimum absolute atomic E-state index is 0.0200. The first-order valence-electron chi connectivity index (χ1n) is 11.9. The Morgan fingerprint density at radius 3 is 2.30 bits per heavy atom. The average Bonchev–Trinajstić information content (AvgIpc) is 3.30. The van der Waals surface area contributed by atoms with Crippen molar-refractivity contribution in [1.82, 2.24) is 14.9 Å². The zero-order chi connectivity index (χ0) is 26.7. The van der Waals surface area contributed by atoms with Gasteiger partial charge in [0.25, 0.3) is 5.91 Å². The van der Waals surface area contributed by atoms with Gasteiger partial charge in [-0.3, -0.25) is 14.5 Å². The van der Waals surface area contributed by atoms with Crippen molar-refractivity contribution in [3.05, 3.63) is 75.5 Å². The Labute approximate surface area is 215 Å². The minimum atomic E-state index is -4.57. The molecule has 4 rings (SSSR count). The third-order valence-corrected chi connectivity index (χ3v) is 7.15. The molecule has 1 unspecified atom stereocenters. The molecule has 2 amide bonds. The third kappa shape index (κ3) is 5.98. The first kappa shape index (κ1) is 26.7. The summed E-state index contributed by atoms with van der Waals surface area (Å²) in [6, 6.07) is 6.67. The number of aromatic nitrogens is 2. The molecule has 3 aromatic rings. The number of hydrogen-bond acceptors (Lipinski definition) is 5. The van der Waals surface area contributed by atoms with Crippen LogP contribution in [0.4, 0.5) is 23.2 Å². The number of hydrogen-bond donors (Lipinski definition) is 1. The van der Waals surface area contributed by atoms with Crippen molar-refractivity contribution in [3.8, 4) is 0 Å². The molecule has 196 valence electrons. The van der Waals surface area contributed by atoms with Crippen molar-refractivity contribution in [3.63, 3.8) is 0 Å². The third-order valence-electron chi connectivity index (χ3n) is 6.52. The summed E-state index contributed by atoms with van der Waals surface area (Å²) in [5, 5.41) is 6.87. The number of halogens is 4. The van der Waals surface area contributed by atoms with Crippen LogP contribution in [0.2, 0.25) is 0 Å². The van der Waals surface area contributed by atoms with Gasteiger partial charge in [0, 0.05) is 11.7 Å². The maximum Gasteiger partial charge on any atom is 0.416 e. The van der Waals surface area contributed by atoms with Crippen molar-refractivity contribution >= 4 is 29.0 Å². The van der Waals surface area contributed by atoms with Gasteiger partial charge in [0.05, 0.1) is 10.4 Å². The topological polar surface area (TPSA) is 75.2 Å². The van der Waals surface area contributed by atoms with Crippen LogP contribution in [0, 0.1) is 19.7 Å². The number of rotatable bonds is 6. The molecular weight excluding hydrogens is 508 g/mol. The van der Waals surface area contributed by atoms with Gasteiger partial charge in [-0.15, -0.1) is 5.10 Å². The van der Waals surface area contributed by atoms with Crippen LogP contribution in [0.25, 0.3) is 0 Å². The average molecular weight is 535 g/mol. The highest BCUT2D eigenvalue weighted by molar-refractivity contribution is 7.05. The number of nitrogens with zero attached hydrogens (tertiary/aromatic N) is 3. The zero-order valence-corrected chi connectivity index (χ0v) is 21.1. The number of benzene rings is 2. The summed E-state index contributed by atoms with van der Waals surface area (Å²) in [5.41, 5.74) is -0.351. The molecule has 0 saturated heterocycles. The number of nitrogens with one attached hydrogen (secondary N) is 1. The summed E-state index contributed by atoms with van der Waals surface area (Å²) in [6.45, 7) is 3.20. The second kappa shape index (κ2) is 11.0. The fourth-order valence-electron chi connectivity index (χ4n) is 4.46. The van der Waals surface area contributed by atoms with Crippen LogP contribution in [0.1, 0.15) is 70.2 Å². The molecule has 6 nitrogen and oxygen atoms in total. The predicted octanol–water partition coefficient (Wildman–Crippen LogP) is 6.15. The van der Waals surface area contributed by atoms with Crippen LogP contribution >= 0.6 is 11.5 Å². The van der Waals surface area contributed by atoms with E-state index >= 15 is 0 Å². The summed E-state index contributed by atoms with van der Waals surface area (Å²) in [6.07, 6.45) is -0.131. The van der Waals surface area contributed by atoms with E-state index in [0.717, 1.165) is 66.7 Å². The van der Waals surface area contributed by atoms with E-state index in [4.69, 9.17) is 0 Å². The Morgan fingerprint density at radius 1 is 1.05 bits per heavy atom. The molecule has 1 N–H and O–H groups in total. The van der Waals surface area contributed by atoms with Crippen LogP contribution in [0.15, 0.2) is 42.5 Å². The Bertz CT molecular complexity index is 1270. The van der Waals surface area contributed by atoms with Crippen molar-refractivity contribution in [2.45, 2.75) is 64.2 Å². The largest absolute Gasteiger partial charge is 0.416 e. The highest BCUT2D eigenvalue weighted by atomic mass is 32.1. The van der Waals surface area contributed by atoms with Crippen molar-refractivity contribution in [2.24, 2.45) is 0 Å². The Balaban J connectivity index is 1.84. The molecule has 11 heteroatoms. The first-order chi connectivity index (χ1) is 17.6. The Kier molecular flexibility index (Phi) is 7.91. The SMILES string of the molecule is Cc1ccc(N(C(=O)c2nnsc2C)C(C(=O)NC2CCCCC2)c2ccc(C(F)(F)F)cc2)cc1F. The molecule has 1 heterocycles. The summed E-state index contributed by atoms with van der Waals surface area (Å²) >= 11 is 0.992. The van der Waals surface area contributed by atoms with Gasteiger partial charge in [-0.1, -0.05) is 41.9 Å². The van der Waals surface area contributed by atoms with Crippen LogP contribution in [-0.4, -0.2) is 27.4 Å². The van der Waals surface area contributed by atoms with E-state index in [0.29, 0.717) is 10.4 Å². The lowest BCUT2D eigenvalue weighted by Crippen LogP contribution is -2.47. The number of aryl methyl sites for hydroxylation is 2. The molecule has 0 spiro atoms. The van der Waals surface area contributed by atoms with Gasteiger partial charge in [-0.2, -0.15) is 13.2 Å². The van der Waals surface area contributed by atoms with Crippen LogP contribution in [-0.2, 0) is 11.0 Å². The molecular formula is C26H26F4N4O2S. The van der Waals surface area contributed by atoms with E-state index in [-0.39, 0.29) is 23.0 Å². The van der Waals surface area contributed by atoms with Gasteiger partial charge in [0.2, 0.25) is 5.91 Å². The minimum Gasteiger partial charge on any atom is -0.351 e. The molecule has 0 aliphatic heterocycles. The lowest BCUT2D eigenvalue weighted by Gasteiger charge is -2.33. The lowest BCUT2D eigenvalue weighted by atomic mass is 9.94. The zero-order valence-electron chi connectivity index (χ0n) is 20.3. The molecule has 1 atom stereocenters. The summed E-state index contributed by atoms with van der Waals surface area (Å²) < 4.78 is 58.2. The van der Waals surface area contributed by atoms with E-state index in [1.807, 2.05) is 0 Å². The van der Waals surface area contributed by atoms with Crippen molar-refractivity contribution in [2.75, 3.05) is 4.90 Å². The van der Waals surface area contributed by atoms with E-state index in [1.165, 1.54) is 24.3 Å². The van der Waals surface area contributed by atoms with Gasteiger partial charge < -0.3 is 5.32 Å². The molecule has 1 saturated carbocycles. The molecule has 1 fully saturated rings. The second-order valence-electron chi connectivity index (χ2n) is 9.15. The summed E-state index contributed by atoms with van der Waals surface area (Å²) in [5.74, 6) is -1.87. The number of carbonyl (C=O) groups excluding carboxylic acids is 2. The van der Waals surface area contributed by atoms with Crippen LogP contribution in [0.5, 0.6) is 0 Å². The fraction of sp³-hybridized carbons (Fsp3) is 0.385. The Hall–Kier alpha value is -3.34. The van der Waals surface area contributed by atoms with E-state index in [1.54, 1.807) is 13.8 Å². The molecule has 2 aromatic carbocycles. The molecule has 0 bridgehead atoms. The van der Waals surface area contributed by atoms with E-state index in [9.17, 15) is 27.2 Å². The smallest absolute Gasteiger partial charge is 0.351 e. The molecule has 37 heavy (non-hydrogen) atoms. The molecule has 1 aromatic heterocycles. The van der Waals surface area contributed by atoms with E-state index in [2.05, 4.69) is 14.9 Å². The Morgan fingerprint density at radius 2 is 1.73 bits per heavy atom. The van der Waals surface area contributed by atoms with Gasteiger partial charge >= 0.3 is 6.18 Å². The number of alkyl halides is 3. The summed E-state index contributed by atoms with van der Waals surface area (Å²) in [7, 11) is 0. The van der Waals surface area contributed by atoms with Crippen molar-refractivity contribution < 1.29 is 27.2 Å². The van der Waals surface area contributed by atoms with Gasteiger partial charge in [0.15, 0.2) is 5.69 Å². The lowest BCUT2D eigenvalue weighted by molar-refractivity contribution is -0.137. The van der Waals surface area contributed by atoms with Crippen molar-refractivity contribution in [1.29, 1.82) is 0 Å². The van der Waals surface area contributed by atoms with Gasteiger partial charge in [-0.25, -0.2) is 4.39 Å². The molecule has 1 aliphatic rings. The fourth-order valence-corrected chi connectivity index (χ4v) is 4.92. The first-order valence-corrected chi connectivity index (χ1v) is 12.7. The molecule has 0 radical (unpaired) electrons.